The molecule has 1 amide bonds. The van der Waals surface area contributed by atoms with Gasteiger partial charge < -0.3 is 25.0 Å². The van der Waals surface area contributed by atoms with Crippen molar-refractivity contribution >= 4 is 28.3 Å². The zero-order chi connectivity index (χ0) is 31.1. The number of hydrogen-bond donors (Lipinski definition) is 3. The highest BCUT2D eigenvalue weighted by molar-refractivity contribution is 5.90. The van der Waals surface area contributed by atoms with Crippen molar-refractivity contribution in [2.45, 2.75) is 63.8 Å². The Hall–Kier alpha value is -4.08. The second-order valence-corrected chi connectivity index (χ2v) is 11.5. The van der Waals surface area contributed by atoms with Crippen LogP contribution in [0.4, 0.5) is 5.69 Å². The summed E-state index contributed by atoms with van der Waals surface area (Å²) in [6.45, 7) is 2.89. The first-order chi connectivity index (χ1) is 21.3. The molecule has 44 heavy (non-hydrogen) atoms. The number of carboxylic acid groups (broad SMARTS) is 1. The highest BCUT2D eigenvalue weighted by Crippen LogP contribution is 2.39. The minimum absolute atomic E-state index is 0.0138. The monoisotopic (exact) mass is 596 g/mol. The topological polar surface area (TPSA) is 108 Å². The van der Waals surface area contributed by atoms with Crippen molar-refractivity contribution < 1.29 is 29.3 Å². The summed E-state index contributed by atoms with van der Waals surface area (Å²) in [6, 6.07) is 30.4. The first-order valence-electron chi connectivity index (χ1n) is 15.1. The third kappa shape index (κ3) is 8.09. The molecule has 4 aromatic carbocycles. The number of amides is 1. The molecular weight excluding hydrogens is 556 g/mol. The molecule has 1 aliphatic rings. The van der Waals surface area contributed by atoms with Gasteiger partial charge in [0.2, 0.25) is 5.91 Å². The van der Waals surface area contributed by atoms with E-state index in [0.717, 1.165) is 16.7 Å². The van der Waals surface area contributed by atoms with Gasteiger partial charge in [-0.2, -0.15) is 0 Å². The number of benzene rings is 4. The minimum Gasteiger partial charge on any atom is -0.481 e. The molecule has 1 saturated heterocycles. The summed E-state index contributed by atoms with van der Waals surface area (Å²) in [4.78, 5) is 25.3. The number of ether oxygens (including phenoxy) is 2. The fourth-order valence-electron chi connectivity index (χ4n) is 5.58. The molecule has 8 nitrogen and oxygen atoms in total. The van der Waals surface area contributed by atoms with E-state index in [1.54, 1.807) is 12.1 Å². The van der Waals surface area contributed by atoms with Crippen molar-refractivity contribution in [2.24, 2.45) is 0 Å². The quantitative estimate of drug-likeness (QED) is 0.166. The molecule has 4 atom stereocenters. The van der Waals surface area contributed by atoms with Crippen molar-refractivity contribution in [1.29, 1.82) is 0 Å². The van der Waals surface area contributed by atoms with Crippen LogP contribution in [0.1, 0.15) is 73.3 Å². The Morgan fingerprint density at radius 2 is 1.61 bits per heavy atom. The second-order valence-electron chi connectivity index (χ2n) is 11.5. The van der Waals surface area contributed by atoms with Gasteiger partial charge in [0.05, 0.1) is 18.8 Å². The van der Waals surface area contributed by atoms with Gasteiger partial charge in [-0.05, 0) is 66.1 Å². The molecule has 8 heteroatoms. The average Bonchev–Trinajstić information content (AvgIpc) is 3.04. The Bertz CT molecular complexity index is 1560. The van der Waals surface area contributed by atoms with Gasteiger partial charge in [-0.3, -0.25) is 14.5 Å². The van der Waals surface area contributed by atoms with E-state index in [1.807, 2.05) is 36.4 Å². The van der Waals surface area contributed by atoms with Crippen molar-refractivity contribution in [3.05, 3.63) is 113 Å². The van der Waals surface area contributed by atoms with E-state index in [1.165, 1.54) is 16.3 Å². The molecule has 0 aromatic heterocycles. The van der Waals surface area contributed by atoms with Crippen LogP contribution in [-0.2, 0) is 25.7 Å². The Balaban J connectivity index is 1.30. The zero-order valence-corrected chi connectivity index (χ0v) is 25.2. The highest BCUT2D eigenvalue weighted by Gasteiger charge is 2.33. The van der Waals surface area contributed by atoms with Gasteiger partial charge in [0.15, 0.2) is 6.29 Å². The molecule has 0 saturated carbocycles. The molecular formula is C36H40N2O6. The Labute approximate surface area is 258 Å². The van der Waals surface area contributed by atoms with Crippen LogP contribution in [0.15, 0.2) is 91.0 Å². The molecule has 4 unspecified atom stereocenters. The first kappa shape index (κ1) is 31.3. The van der Waals surface area contributed by atoms with E-state index >= 15 is 0 Å². The van der Waals surface area contributed by atoms with Crippen LogP contribution < -0.4 is 5.32 Å². The molecule has 5 rings (SSSR count). The van der Waals surface area contributed by atoms with Gasteiger partial charge >= 0.3 is 5.97 Å². The Morgan fingerprint density at radius 1 is 0.909 bits per heavy atom. The van der Waals surface area contributed by atoms with E-state index in [0.29, 0.717) is 25.1 Å². The number of carboxylic acids is 1. The molecule has 230 valence electrons. The van der Waals surface area contributed by atoms with Crippen LogP contribution >= 0.6 is 0 Å². The van der Waals surface area contributed by atoms with Gasteiger partial charge in [0.1, 0.15) is 0 Å². The predicted octanol–water partition coefficient (Wildman–Crippen LogP) is 6.76. The first-order valence-corrected chi connectivity index (χ1v) is 15.1. The lowest BCUT2D eigenvalue weighted by molar-refractivity contribution is -0.253. The van der Waals surface area contributed by atoms with Gasteiger partial charge in [0, 0.05) is 43.1 Å². The summed E-state index contributed by atoms with van der Waals surface area (Å²) < 4.78 is 13.0. The average molecular weight is 597 g/mol. The Kier molecular flexibility index (Phi) is 10.4. The van der Waals surface area contributed by atoms with E-state index in [9.17, 15) is 14.7 Å². The summed E-state index contributed by atoms with van der Waals surface area (Å²) in [5, 5.41) is 23.6. The summed E-state index contributed by atoms with van der Waals surface area (Å²) in [6.07, 6.45) is 0.146. The maximum absolute atomic E-state index is 12.2. The molecule has 0 bridgehead atoms. The zero-order valence-electron chi connectivity index (χ0n) is 25.2. The van der Waals surface area contributed by atoms with Gasteiger partial charge in [-0.1, -0.05) is 72.8 Å². The molecule has 3 N–H and O–H groups in total. The number of nitrogens with one attached hydrogen (secondary N) is 1. The van der Waals surface area contributed by atoms with Crippen LogP contribution in [-0.4, -0.2) is 46.7 Å². The fraction of sp³-hybridized carbons (Fsp3) is 0.333. The third-order valence-electron chi connectivity index (χ3n) is 8.28. The van der Waals surface area contributed by atoms with Gasteiger partial charge in [0.25, 0.3) is 0 Å². The standard InChI is InChI=1S/C36H40N2O6/c1-24(29-15-14-26-6-3-4-7-30(26)20-29)38(2)22-32-21-33(27-12-10-25(23-39)11-13-27)44-36(43-32)28-16-18-31(19-17-28)37-34(40)8-5-9-35(41)42/h3-4,6-7,10-20,24,32-33,36,39H,5,8-9,21-23H2,1-2H3,(H,37,40)(H,41,42). The number of fused-ring (bicyclic) bond motifs is 1. The van der Waals surface area contributed by atoms with Crippen LogP contribution in [0.25, 0.3) is 10.8 Å². The van der Waals surface area contributed by atoms with Gasteiger partial charge in [-0.15, -0.1) is 0 Å². The molecule has 0 aliphatic carbocycles. The summed E-state index contributed by atoms with van der Waals surface area (Å²) in [7, 11) is 2.12. The number of likely N-dealkylation sites (N-methyl/N-ethyl adjacent to an activating group) is 1. The number of rotatable bonds is 12. The number of aliphatic hydroxyl groups is 1. The lowest BCUT2D eigenvalue weighted by atomic mass is 9.98. The maximum atomic E-state index is 12.2. The lowest BCUT2D eigenvalue weighted by Crippen LogP contribution is -2.38. The SMILES string of the molecule is CC(c1ccc2ccccc2c1)N(C)CC1CC(c2ccc(CO)cc2)OC(c2ccc(NC(=O)CCCC(=O)O)cc2)O1. The minimum atomic E-state index is -0.912. The van der Waals surface area contributed by atoms with Crippen LogP contribution in [0.2, 0.25) is 0 Å². The van der Waals surface area contributed by atoms with E-state index < -0.39 is 12.3 Å². The second kappa shape index (κ2) is 14.6. The van der Waals surface area contributed by atoms with Crippen LogP contribution in [0.5, 0.6) is 0 Å². The molecule has 0 spiro atoms. The smallest absolute Gasteiger partial charge is 0.303 e. The summed E-state index contributed by atoms with van der Waals surface area (Å²) in [5.41, 5.74) is 4.57. The number of carbonyl (C=O) groups excluding carboxylic acids is 1. The summed E-state index contributed by atoms with van der Waals surface area (Å²) in [5.74, 6) is -1.14. The molecule has 4 aromatic rings. The predicted molar refractivity (Wildman–Crippen MR) is 170 cm³/mol. The van der Waals surface area contributed by atoms with Crippen molar-refractivity contribution in [2.75, 3.05) is 18.9 Å². The molecule has 0 radical (unpaired) electrons. The van der Waals surface area contributed by atoms with E-state index in [4.69, 9.17) is 14.6 Å². The Morgan fingerprint density at radius 3 is 2.32 bits per heavy atom. The van der Waals surface area contributed by atoms with E-state index in [-0.39, 0.29) is 43.6 Å². The van der Waals surface area contributed by atoms with Crippen molar-refractivity contribution in [3.63, 3.8) is 0 Å². The normalized spacial score (nSPS) is 19.1. The third-order valence-corrected chi connectivity index (χ3v) is 8.28. The summed E-state index contributed by atoms with van der Waals surface area (Å²) >= 11 is 0. The molecule has 1 fully saturated rings. The van der Waals surface area contributed by atoms with E-state index in [2.05, 4.69) is 66.7 Å². The molecule has 1 aliphatic heterocycles. The highest BCUT2D eigenvalue weighted by atomic mass is 16.7. The maximum Gasteiger partial charge on any atom is 0.303 e. The number of carbonyl (C=O) groups is 2. The lowest BCUT2D eigenvalue weighted by Gasteiger charge is -2.39. The van der Waals surface area contributed by atoms with Crippen molar-refractivity contribution in [3.8, 4) is 0 Å². The number of aliphatic carboxylic acids is 1. The van der Waals surface area contributed by atoms with Crippen LogP contribution in [0.3, 0.4) is 0 Å². The van der Waals surface area contributed by atoms with Crippen LogP contribution in [0, 0.1) is 0 Å². The number of aliphatic hydroxyl groups excluding tert-OH is 1. The largest absolute Gasteiger partial charge is 0.481 e. The number of anilines is 1. The number of nitrogens with zero attached hydrogens (tertiary/aromatic N) is 1. The fourth-order valence-corrected chi connectivity index (χ4v) is 5.58. The van der Waals surface area contributed by atoms with Gasteiger partial charge in [-0.25, -0.2) is 0 Å². The number of hydrogen-bond acceptors (Lipinski definition) is 6. The van der Waals surface area contributed by atoms with Crippen molar-refractivity contribution in [1.82, 2.24) is 4.90 Å². The molecule has 1 heterocycles.